The molecule has 2 aliphatic rings. The monoisotopic (exact) mass is 440 g/mol. The molecule has 9 heteroatoms. The number of carbonyl (C=O) groups excluding carboxylic acids is 1. The van der Waals surface area contributed by atoms with Crippen molar-refractivity contribution in [2.24, 2.45) is 10.8 Å². The van der Waals surface area contributed by atoms with Gasteiger partial charge in [0.05, 0.1) is 24.5 Å². The second-order valence-corrected chi connectivity index (χ2v) is 8.92. The molecule has 164 valence electrons. The molecule has 1 aromatic heterocycles. The van der Waals surface area contributed by atoms with Gasteiger partial charge in [-0.1, -0.05) is 50.8 Å². The Morgan fingerprint density at radius 3 is 2.58 bits per heavy atom. The number of fused-ring (bicyclic) bond motifs is 1. The van der Waals surface area contributed by atoms with E-state index in [0.29, 0.717) is 48.4 Å². The minimum Gasteiger partial charge on any atom is -0.378 e. The lowest BCUT2D eigenvalue weighted by Crippen LogP contribution is -2.41. The van der Waals surface area contributed by atoms with Crippen molar-refractivity contribution >= 4 is 32.6 Å². The maximum absolute atomic E-state index is 13.2. The van der Waals surface area contributed by atoms with Crippen molar-refractivity contribution in [3.63, 3.8) is 0 Å². The van der Waals surface area contributed by atoms with Crippen LogP contribution in [0.3, 0.4) is 0 Å². The number of amidine groups is 1. The molecule has 0 radical (unpaired) electrons. The molecule has 0 saturated carbocycles. The minimum atomic E-state index is -0.580. The van der Waals surface area contributed by atoms with Crippen LogP contribution in [0.25, 0.3) is 16.8 Å². The van der Waals surface area contributed by atoms with E-state index < -0.39 is 10.5 Å². The number of rotatable bonds is 6. The van der Waals surface area contributed by atoms with Gasteiger partial charge in [0.25, 0.3) is 5.91 Å². The SMILES string of the molecule is C=C(C(=O)N1CCOCC1)c1c(-c2ccccc2)nc2n1N=C(N)S2=CN(CC)CC. The lowest BCUT2D eigenvalue weighted by molar-refractivity contribution is -0.128. The summed E-state index contributed by atoms with van der Waals surface area (Å²) in [7, 11) is -0.580. The number of hydrogen-bond donors (Lipinski definition) is 1. The highest BCUT2D eigenvalue weighted by Gasteiger charge is 2.32. The summed E-state index contributed by atoms with van der Waals surface area (Å²) in [5.41, 5.74) is 11.0. The van der Waals surface area contributed by atoms with Crippen LogP contribution in [0.5, 0.6) is 0 Å². The zero-order valence-corrected chi connectivity index (χ0v) is 18.8. The molecule has 0 spiro atoms. The van der Waals surface area contributed by atoms with E-state index in [1.165, 1.54) is 0 Å². The van der Waals surface area contributed by atoms with Crippen LogP contribution in [-0.2, 0) is 9.53 Å². The molecule has 1 amide bonds. The molecule has 8 nitrogen and oxygen atoms in total. The Balaban J connectivity index is 1.83. The lowest BCUT2D eigenvalue weighted by atomic mass is 10.1. The Labute approximate surface area is 184 Å². The van der Waals surface area contributed by atoms with Gasteiger partial charge in [-0.05, 0) is 10.5 Å². The summed E-state index contributed by atoms with van der Waals surface area (Å²) in [6.45, 7) is 12.3. The van der Waals surface area contributed by atoms with E-state index in [2.05, 4.69) is 35.9 Å². The third kappa shape index (κ3) is 4.08. The summed E-state index contributed by atoms with van der Waals surface area (Å²) in [6.07, 6.45) is 0. The van der Waals surface area contributed by atoms with Gasteiger partial charge in [0, 0.05) is 37.2 Å². The molecule has 1 aromatic carbocycles. The summed E-state index contributed by atoms with van der Waals surface area (Å²) in [5.74, 6) is -0.128. The Kier molecular flexibility index (Phi) is 6.35. The van der Waals surface area contributed by atoms with Crippen molar-refractivity contribution in [3.05, 3.63) is 42.6 Å². The van der Waals surface area contributed by atoms with Gasteiger partial charge < -0.3 is 15.4 Å². The standard InChI is InChI=1S/C22H28N6O2S/c1-4-26(5-2)15-31-21(23)25-28-19(16(3)20(29)27-11-13-30-14-12-27)18(24-22(28)31)17-9-7-6-8-10-17/h6-10,15H,3-5,11-14H2,1-2H3,(H2,23,25). The summed E-state index contributed by atoms with van der Waals surface area (Å²) >= 11 is 0. The number of aromatic nitrogens is 2. The Morgan fingerprint density at radius 1 is 1.26 bits per heavy atom. The molecule has 1 unspecified atom stereocenters. The Bertz CT molecular complexity index is 1050. The molecule has 0 bridgehead atoms. The van der Waals surface area contributed by atoms with Crippen molar-refractivity contribution in [1.29, 1.82) is 0 Å². The number of hydrogen-bond acceptors (Lipinski definition) is 5. The second-order valence-electron chi connectivity index (χ2n) is 7.26. The van der Waals surface area contributed by atoms with Gasteiger partial charge in [-0.25, -0.2) is 9.66 Å². The quantitative estimate of drug-likeness (QED) is 0.550. The van der Waals surface area contributed by atoms with Crippen LogP contribution in [0, 0.1) is 0 Å². The Morgan fingerprint density at radius 2 is 1.94 bits per heavy atom. The fourth-order valence-electron chi connectivity index (χ4n) is 3.61. The predicted molar refractivity (Wildman–Crippen MR) is 126 cm³/mol. The van der Waals surface area contributed by atoms with Crippen LogP contribution >= 0.6 is 10.5 Å². The Hall–Kier alpha value is -2.75. The van der Waals surface area contributed by atoms with Gasteiger partial charge in [-0.2, -0.15) is 0 Å². The molecule has 2 N–H and O–H groups in total. The van der Waals surface area contributed by atoms with Crippen molar-refractivity contribution in [2.75, 3.05) is 39.4 Å². The number of amides is 1. The fourth-order valence-corrected chi connectivity index (χ4v) is 5.28. The maximum atomic E-state index is 13.2. The second kappa shape index (κ2) is 9.17. The number of carbonyl (C=O) groups is 1. The number of morpholine rings is 1. The topological polar surface area (TPSA) is 89.0 Å². The van der Waals surface area contributed by atoms with E-state index >= 15 is 0 Å². The van der Waals surface area contributed by atoms with Crippen LogP contribution in [0.15, 0.2) is 47.2 Å². The van der Waals surface area contributed by atoms with Crippen LogP contribution in [-0.4, -0.2) is 75.4 Å². The molecule has 31 heavy (non-hydrogen) atoms. The van der Waals surface area contributed by atoms with Crippen LogP contribution in [0.4, 0.5) is 0 Å². The van der Waals surface area contributed by atoms with Gasteiger partial charge in [-0.3, -0.25) is 9.69 Å². The van der Waals surface area contributed by atoms with E-state index in [0.717, 1.165) is 23.8 Å². The number of nitrogens with zero attached hydrogens (tertiary/aromatic N) is 5. The number of imidazole rings is 1. The first kappa shape index (κ1) is 21.5. The van der Waals surface area contributed by atoms with E-state index in [-0.39, 0.29) is 5.91 Å². The van der Waals surface area contributed by atoms with E-state index in [9.17, 15) is 4.79 Å². The maximum Gasteiger partial charge on any atom is 0.255 e. The van der Waals surface area contributed by atoms with Gasteiger partial charge in [0.1, 0.15) is 5.69 Å². The molecule has 3 heterocycles. The molecule has 4 rings (SSSR count). The van der Waals surface area contributed by atoms with Gasteiger partial charge in [-0.15, -0.1) is 5.10 Å². The molecular weight excluding hydrogens is 412 g/mol. The third-order valence-corrected chi connectivity index (χ3v) is 7.10. The molecule has 1 saturated heterocycles. The minimum absolute atomic E-state index is 0.128. The summed E-state index contributed by atoms with van der Waals surface area (Å²) < 4.78 is 7.10. The van der Waals surface area contributed by atoms with Crippen LogP contribution in [0.1, 0.15) is 19.5 Å². The highest BCUT2D eigenvalue weighted by atomic mass is 32.2. The number of ether oxygens (including phenoxy) is 1. The van der Waals surface area contributed by atoms with Gasteiger partial charge in [0.15, 0.2) is 10.3 Å². The number of nitrogens with two attached hydrogens (primary N) is 1. The van der Waals surface area contributed by atoms with Crippen LogP contribution < -0.4 is 5.73 Å². The predicted octanol–water partition coefficient (Wildman–Crippen LogP) is 2.24. The highest BCUT2D eigenvalue weighted by molar-refractivity contribution is 8.27. The van der Waals surface area contributed by atoms with Gasteiger partial charge in [0.2, 0.25) is 0 Å². The van der Waals surface area contributed by atoms with Crippen molar-refractivity contribution in [3.8, 4) is 11.3 Å². The molecule has 0 aliphatic carbocycles. The normalized spacial score (nSPS) is 18.4. The van der Waals surface area contributed by atoms with E-state index in [1.54, 1.807) is 9.58 Å². The first-order chi connectivity index (χ1) is 15.0. The zero-order chi connectivity index (χ0) is 22.0. The summed E-state index contributed by atoms with van der Waals surface area (Å²) in [4.78, 5) is 22.1. The largest absolute Gasteiger partial charge is 0.378 e. The highest BCUT2D eigenvalue weighted by Crippen LogP contribution is 2.39. The summed E-state index contributed by atoms with van der Waals surface area (Å²) in [5, 5.41) is 5.82. The first-order valence-corrected chi connectivity index (χ1v) is 11.7. The average Bonchev–Trinajstić information content (AvgIpc) is 3.32. The molecule has 1 fully saturated rings. The fraction of sp³-hybridized carbons (Fsp3) is 0.364. The summed E-state index contributed by atoms with van der Waals surface area (Å²) in [6, 6.07) is 9.82. The lowest BCUT2D eigenvalue weighted by Gasteiger charge is -2.27. The van der Waals surface area contributed by atoms with E-state index in [4.69, 9.17) is 15.5 Å². The first-order valence-electron chi connectivity index (χ1n) is 10.5. The van der Waals surface area contributed by atoms with Crippen LogP contribution in [0.2, 0.25) is 0 Å². The van der Waals surface area contributed by atoms with Crippen molar-refractivity contribution in [2.45, 2.75) is 19.0 Å². The average molecular weight is 441 g/mol. The number of benzene rings is 1. The molecular formula is C22H28N6O2S. The van der Waals surface area contributed by atoms with Crippen molar-refractivity contribution < 1.29 is 9.53 Å². The molecule has 1 atom stereocenters. The van der Waals surface area contributed by atoms with Gasteiger partial charge >= 0.3 is 0 Å². The zero-order valence-electron chi connectivity index (χ0n) is 18.0. The molecule has 2 aromatic rings. The smallest absolute Gasteiger partial charge is 0.255 e. The molecule has 2 aliphatic heterocycles. The van der Waals surface area contributed by atoms with E-state index in [1.807, 2.05) is 30.3 Å². The van der Waals surface area contributed by atoms with Crippen molar-refractivity contribution in [1.82, 2.24) is 19.5 Å². The third-order valence-electron chi connectivity index (χ3n) is 5.40.